The first-order chi connectivity index (χ1) is 17.4. The molecule has 0 saturated carbocycles. The van der Waals surface area contributed by atoms with Gasteiger partial charge in [0.1, 0.15) is 23.5 Å². The number of rotatable bonds is 6. The summed E-state index contributed by atoms with van der Waals surface area (Å²) in [5.74, 6) is -0.635. The number of carbonyl (C=O) groups is 3. The Morgan fingerprint density at radius 2 is 1.95 bits per heavy atom. The van der Waals surface area contributed by atoms with E-state index in [4.69, 9.17) is 4.74 Å². The summed E-state index contributed by atoms with van der Waals surface area (Å²) in [6.45, 7) is 10.1. The average molecular weight is 514 g/mol. The van der Waals surface area contributed by atoms with Crippen molar-refractivity contribution >= 4 is 17.9 Å². The molecule has 3 heterocycles. The summed E-state index contributed by atoms with van der Waals surface area (Å²) < 4.78 is 19.8. The molecule has 1 aromatic rings. The molecule has 37 heavy (non-hydrogen) atoms. The molecule has 6 atom stereocenters. The van der Waals surface area contributed by atoms with Crippen LogP contribution in [0.3, 0.4) is 0 Å². The van der Waals surface area contributed by atoms with E-state index in [1.54, 1.807) is 43.9 Å². The Balaban J connectivity index is 1.50. The first kappa shape index (κ1) is 26.9. The molecule has 6 unspecified atom stereocenters. The largest absolute Gasteiger partial charge is 0.444 e. The van der Waals surface area contributed by atoms with Crippen LogP contribution in [0.15, 0.2) is 24.3 Å². The molecule has 4 rings (SSSR count). The first-order valence-electron chi connectivity index (χ1n) is 12.9. The highest BCUT2D eigenvalue weighted by Crippen LogP contribution is 2.38. The monoisotopic (exact) mass is 513 g/mol. The van der Waals surface area contributed by atoms with Crippen LogP contribution in [0.2, 0.25) is 0 Å². The van der Waals surface area contributed by atoms with Crippen LogP contribution in [-0.2, 0) is 14.3 Å². The molecule has 200 valence electrons. The average Bonchev–Trinajstić information content (AvgIpc) is 3.49. The molecule has 1 N–H and O–H groups in total. The van der Waals surface area contributed by atoms with Crippen LogP contribution in [-0.4, -0.2) is 82.0 Å². The van der Waals surface area contributed by atoms with Gasteiger partial charge in [0.2, 0.25) is 11.8 Å². The minimum Gasteiger partial charge on any atom is -0.444 e. The molecule has 3 amide bonds. The minimum atomic E-state index is -0.972. The normalized spacial score (nSPS) is 27.2. The molecule has 2 bridgehead atoms. The van der Waals surface area contributed by atoms with Crippen molar-refractivity contribution in [2.45, 2.75) is 83.3 Å². The van der Waals surface area contributed by atoms with Crippen LogP contribution in [0.5, 0.6) is 0 Å². The van der Waals surface area contributed by atoms with E-state index in [9.17, 15) is 24.0 Å². The molecule has 3 aliphatic rings. The highest BCUT2D eigenvalue weighted by molar-refractivity contribution is 5.88. The third kappa shape index (κ3) is 5.57. The Hall–Kier alpha value is -3.19. The lowest BCUT2D eigenvalue weighted by Gasteiger charge is -2.39. The summed E-state index contributed by atoms with van der Waals surface area (Å²) in [5.41, 5.74) is -0.276. The van der Waals surface area contributed by atoms with E-state index in [0.29, 0.717) is 31.5 Å². The number of piperazine rings is 1. The van der Waals surface area contributed by atoms with Crippen molar-refractivity contribution in [3.8, 4) is 6.07 Å². The number of amides is 3. The van der Waals surface area contributed by atoms with Crippen molar-refractivity contribution < 1.29 is 23.5 Å². The zero-order valence-corrected chi connectivity index (χ0v) is 22.1. The van der Waals surface area contributed by atoms with Crippen molar-refractivity contribution in [1.82, 2.24) is 20.0 Å². The van der Waals surface area contributed by atoms with Crippen molar-refractivity contribution in [2.24, 2.45) is 5.92 Å². The second kappa shape index (κ2) is 10.3. The van der Waals surface area contributed by atoms with E-state index in [0.717, 1.165) is 0 Å². The number of benzene rings is 1. The third-order valence-electron chi connectivity index (χ3n) is 7.44. The van der Waals surface area contributed by atoms with Crippen molar-refractivity contribution in [2.75, 3.05) is 19.6 Å². The van der Waals surface area contributed by atoms with Gasteiger partial charge in [0.25, 0.3) is 0 Å². The molecule has 10 heteroatoms. The van der Waals surface area contributed by atoms with Gasteiger partial charge < -0.3 is 19.9 Å². The van der Waals surface area contributed by atoms with Gasteiger partial charge in [0, 0.05) is 31.2 Å². The van der Waals surface area contributed by atoms with E-state index < -0.39 is 35.9 Å². The van der Waals surface area contributed by atoms with E-state index >= 15 is 0 Å². The number of fused-ring (bicyclic) bond motifs is 2. The first-order valence-corrected chi connectivity index (χ1v) is 12.9. The number of halogens is 1. The fraction of sp³-hybridized carbons (Fsp3) is 0.630. The number of likely N-dealkylation sites (tertiary alicyclic amines) is 3. The lowest BCUT2D eigenvalue weighted by Crippen LogP contribution is -2.59. The van der Waals surface area contributed by atoms with Gasteiger partial charge in [0.15, 0.2) is 0 Å². The van der Waals surface area contributed by atoms with Crippen LogP contribution in [0.25, 0.3) is 0 Å². The summed E-state index contributed by atoms with van der Waals surface area (Å²) in [7, 11) is 0. The molecule has 3 saturated heterocycles. The molecule has 3 aliphatic heterocycles. The maximum absolute atomic E-state index is 14.4. The van der Waals surface area contributed by atoms with Gasteiger partial charge in [0.05, 0.1) is 18.2 Å². The van der Waals surface area contributed by atoms with E-state index in [1.165, 1.54) is 11.0 Å². The van der Waals surface area contributed by atoms with Gasteiger partial charge >= 0.3 is 6.09 Å². The third-order valence-corrected chi connectivity index (χ3v) is 7.44. The number of nitriles is 1. The minimum absolute atomic E-state index is 0.111. The molecule has 3 fully saturated rings. The van der Waals surface area contributed by atoms with Gasteiger partial charge in [-0.05, 0) is 52.5 Å². The number of ether oxygens (including phenoxy) is 1. The topological polar surface area (TPSA) is 106 Å². The van der Waals surface area contributed by atoms with E-state index in [-0.39, 0.29) is 36.1 Å². The van der Waals surface area contributed by atoms with Gasteiger partial charge in [-0.3, -0.25) is 14.5 Å². The van der Waals surface area contributed by atoms with E-state index in [2.05, 4.69) is 11.4 Å². The second-order valence-corrected chi connectivity index (χ2v) is 11.5. The number of nitrogens with one attached hydrogen (secondary N) is 1. The Kier molecular flexibility index (Phi) is 7.47. The lowest BCUT2D eigenvalue weighted by atomic mass is 10.0. The lowest BCUT2D eigenvalue weighted by molar-refractivity contribution is -0.141. The molecule has 9 nitrogen and oxygen atoms in total. The predicted octanol–water partition coefficient (Wildman–Crippen LogP) is 2.83. The van der Waals surface area contributed by atoms with Gasteiger partial charge in [-0.2, -0.15) is 5.26 Å². The maximum atomic E-state index is 14.4. The van der Waals surface area contributed by atoms with Gasteiger partial charge in [-0.1, -0.05) is 25.1 Å². The van der Waals surface area contributed by atoms with Crippen molar-refractivity contribution in [3.05, 3.63) is 35.6 Å². The quantitative estimate of drug-likeness (QED) is 0.627. The summed E-state index contributed by atoms with van der Waals surface area (Å²) >= 11 is 0. The van der Waals surface area contributed by atoms with Crippen LogP contribution < -0.4 is 5.32 Å². The standard InChI is InChI=1S/C27H36FN5O4/c1-16-10-18(12-29)32(13-16)24(34)22(30-26(36)37-27(3,4)5)15-31-14-19-11-23(31)25(35)33(19)17(2)20-8-6-7-9-21(20)28/h6-9,16-19,22-23H,10-11,13-15H2,1-5H3,(H,30,36). The summed E-state index contributed by atoms with van der Waals surface area (Å²) in [5, 5.41) is 12.3. The Morgan fingerprint density at radius 1 is 1.24 bits per heavy atom. The molecular formula is C27H36FN5O4. The summed E-state index contributed by atoms with van der Waals surface area (Å²) in [4.78, 5) is 44.8. The van der Waals surface area contributed by atoms with Gasteiger partial charge in [-0.15, -0.1) is 0 Å². The zero-order valence-electron chi connectivity index (χ0n) is 22.1. The number of hydrogen-bond donors (Lipinski definition) is 1. The number of nitrogens with zero attached hydrogens (tertiary/aromatic N) is 4. The van der Waals surface area contributed by atoms with Crippen LogP contribution >= 0.6 is 0 Å². The molecular weight excluding hydrogens is 477 g/mol. The smallest absolute Gasteiger partial charge is 0.408 e. The highest BCUT2D eigenvalue weighted by Gasteiger charge is 2.52. The highest BCUT2D eigenvalue weighted by atomic mass is 19.1. The Bertz CT molecular complexity index is 1100. The zero-order chi connectivity index (χ0) is 27.1. The number of carbonyl (C=O) groups excluding carboxylic acids is 3. The SMILES string of the molecule is CC1CC(C#N)N(C(=O)C(CN2CC3CC2C(=O)N3C(C)c2ccccc2F)NC(=O)OC(C)(C)C)C1. The second-order valence-electron chi connectivity index (χ2n) is 11.5. The van der Waals surface area contributed by atoms with E-state index in [1.807, 2.05) is 18.7 Å². The fourth-order valence-electron chi connectivity index (χ4n) is 5.84. The Morgan fingerprint density at radius 3 is 2.57 bits per heavy atom. The fourth-order valence-corrected chi connectivity index (χ4v) is 5.84. The van der Waals surface area contributed by atoms with Crippen LogP contribution in [0.4, 0.5) is 9.18 Å². The predicted molar refractivity (Wildman–Crippen MR) is 133 cm³/mol. The molecule has 0 radical (unpaired) electrons. The molecule has 0 aliphatic carbocycles. The number of alkyl carbamates (subject to hydrolysis) is 1. The summed E-state index contributed by atoms with van der Waals surface area (Å²) in [6.07, 6.45) is 0.432. The number of hydrogen-bond acceptors (Lipinski definition) is 6. The molecule has 1 aromatic carbocycles. The summed E-state index contributed by atoms with van der Waals surface area (Å²) in [6, 6.07) is 6.14. The van der Waals surface area contributed by atoms with Gasteiger partial charge in [-0.25, -0.2) is 9.18 Å². The van der Waals surface area contributed by atoms with Crippen LogP contribution in [0.1, 0.15) is 59.1 Å². The van der Waals surface area contributed by atoms with Crippen molar-refractivity contribution in [1.29, 1.82) is 5.26 Å². The molecule has 0 aromatic heterocycles. The Labute approximate surface area is 217 Å². The maximum Gasteiger partial charge on any atom is 0.408 e. The van der Waals surface area contributed by atoms with Crippen molar-refractivity contribution in [3.63, 3.8) is 0 Å². The molecule has 0 spiro atoms. The van der Waals surface area contributed by atoms with Crippen LogP contribution in [0, 0.1) is 23.1 Å².